The SMILES string of the molecule is CCOc1cc2nn(-c3ccc(C(=O)OC)cc3)nc2cc1N. The first-order chi connectivity index (χ1) is 11.1. The van der Waals surface area contributed by atoms with Gasteiger partial charge >= 0.3 is 5.97 Å². The van der Waals surface area contributed by atoms with Gasteiger partial charge in [0, 0.05) is 6.07 Å². The van der Waals surface area contributed by atoms with Gasteiger partial charge in [-0.2, -0.15) is 4.80 Å². The fourth-order valence-corrected chi connectivity index (χ4v) is 2.21. The summed E-state index contributed by atoms with van der Waals surface area (Å²) in [6.45, 7) is 2.42. The molecule has 0 saturated heterocycles. The van der Waals surface area contributed by atoms with Crippen LogP contribution in [0.4, 0.5) is 5.69 Å². The van der Waals surface area contributed by atoms with E-state index in [0.717, 1.165) is 5.69 Å². The van der Waals surface area contributed by atoms with Crippen molar-refractivity contribution in [2.75, 3.05) is 19.5 Å². The number of carbonyl (C=O) groups excluding carboxylic acids is 1. The Morgan fingerprint density at radius 1 is 1.17 bits per heavy atom. The molecule has 0 bridgehead atoms. The zero-order valence-corrected chi connectivity index (χ0v) is 12.8. The number of nitrogen functional groups attached to an aromatic ring is 1. The lowest BCUT2D eigenvalue weighted by Gasteiger charge is -2.04. The fraction of sp³-hybridized carbons (Fsp3) is 0.188. The third kappa shape index (κ3) is 2.80. The number of ether oxygens (including phenoxy) is 2. The molecule has 0 amide bonds. The third-order valence-corrected chi connectivity index (χ3v) is 3.33. The number of carbonyl (C=O) groups is 1. The molecule has 2 aromatic carbocycles. The van der Waals surface area contributed by atoms with Gasteiger partial charge in [0.2, 0.25) is 0 Å². The zero-order valence-electron chi connectivity index (χ0n) is 12.8. The van der Waals surface area contributed by atoms with Crippen LogP contribution in [0, 0.1) is 0 Å². The second kappa shape index (κ2) is 5.96. The van der Waals surface area contributed by atoms with E-state index >= 15 is 0 Å². The van der Waals surface area contributed by atoms with Crippen molar-refractivity contribution in [2.24, 2.45) is 0 Å². The summed E-state index contributed by atoms with van der Waals surface area (Å²) in [6.07, 6.45) is 0. The topological polar surface area (TPSA) is 92.3 Å². The van der Waals surface area contributed by atoms with E-state index < -0.39 is 0 Å². The first kappa shape index (κ1) is 14.8. The molecule has 0 unspecified atom stereocenters. The quantitative estimate of drug-likeness (QED) is 0.586. The van der Waals surface area contributed by atoms with Gasteiger partial charge in [-0.15, -0.1) is 10.2 Å². The number of methoxy groups -OCH3 is 1. The van der Waals surface area contributed by atoms with Gasteiger partial charge in [-0.3, -0.25) is 0 Å². The van der Waals surface area contributed by atoms with Crippen LogP contribution >= 0.6 is 0 Å². The molecule has 0 aliphatic heterocycles. The highest BCUT2D eigenvalue weighted by Gasteiger charge is 2.10. The highest BCUT2D eigenvalue weighted by atomic mass is 16.5. The molecule has 0 saturated carbocycles. The second-order valence-corrected chi connectivity index (χ2v) is 4.84. The normalized spacial score (nSPS) is 10.7. The molecule has 2 N–H and O–H groups in total. The molecular formula is C16H16N4O3. The summed E-state index contributed by atoms with van der Waals surface area (Å²) in [5, 5.41) is 8.81. The molecule has 118 valence electrons. The monoisotopic (exact) mass is 312 g/mol. The van der Waals surface area contributed by atoms with Gasteiger partial charge in [-0.1, -0.05) is 0 Å². The minimum Gasteiger partial charge on any atom is -0.492 e. The first-order valence-electron chi connectivity index (χ1n) is 7.10. The highest BCUT2D eigenvalue weighted by molar-refractivity contribution is 5.89. The summed E-state index contributed by atoms with van der Waals surface area (Å²) < 4.78 is 10.1. The molecule has 1 heterocycles. The predicted octanol–water partition coefficient (Wildman–Crippen LogP) is 2.19. The minimum atomic E-state index is -0.385. The van der Waals surface area contributed by atoms with E-state index in [4.69, 9.17) is 10.5 Å². The average molecular weight is 312 g/mol. The molecule has 3 aromatic rings. The molecule has 1 aromatic heterocycles. The maximum atomic E-state index is 11.5. The van der Waals surface area contributed by atoms with Crippen molar-refractivity contribution >= 4 is 22.7 Å². The number of hydrogen-bond acceptors (Lipinski definition) is 6. The molecule has 23 heavy (non-hydrogen) atoms. The van der Waals surface area contributed by atoms with Crippen LogP contribution in [0.25, 0.3) is 16.7 Å². The number of fused-ring (bicyclic) bond motifs is 1. The van der Waals surface area contributed by atoms with Gasteiger partial charge in [0.15, 0.2) is 0 Å². The number of rotatable bonds is 4. The summed E-state index contributed by atoms with van der Waals surface area (Å²) in [5.74, 6) is 0.206. The van der Waals surface area contributed by atoms with Gasteiger partial charge < -0.3 is 15.2 Å². The van der Waals surface area contributed by atoms with Gasteiger partial charge in [0.1, 0.15) is 16.8 Å². The maximum Gasteiger partial charge on any atom is 0.337 e. The first-order valence-corrected chi connectivity index (χ1v) is 7.10. The Bertz CT molecular complexity index is 856. The van der Waals surface area contributed by atoms with E-state index in [1.165, 1.54) is 11.9 Å². The second-order valence-electron chi connectivity index (χ2n) is 4.84. The van der Waals surface area contributed by atoms with Gasteiger partial charge in [0.25, 0.3) is 0 Å². The molecule has 0 fully saturated rings. The van der Waals surface area contributed by atoms with Crippen molar-refractivity contribution in [3.05, 3.63) is 42.0 Å². The van der Waals surface area contributed by atoms with Crippen LogP contribution in [0.5, 0.6) is 5.75 Å². The van der Waals surface area contributed by atoms with Crippen molar-refractivity contribution in [3.8, 4) is 11.4 Å². The molecule has 0 spiro atoms. The fourth-order valence-electron chi connectivity index (χ4n) is 2.21. The van der Waals surface area contributed by atoms with Crippen LogP contribution in [0.2, 0.25) is 0 Å². The summed E-state index contributed by atoms with van der Waals surface area (Å²) in [6, 6.07) is 10.3. The number of anilines is 1. The van der Waals surface area contributed by atoms with Gasteiger partial charge in [-0.05, 0) is 37.3 Å². The maximum absolute atomic E-state index is 11.5. The molecule has 7 heteroatoms. The molecule has 0 aliphatic rings. The predicted molar refractivity (Wildman–Crippen MR) is 85.8 cm³/mol. The third-order valence-electron chi connectivity index (χ3n) is 3.33. The Morgan fingerprint density at radius 2 is 1.83 bits per heavy atom. The van der Waals surface area contributed by atoms with Gasteiger partial charge in [-0.25, -0.2) is 4.79 Å². The summed E-state index contributed by atoms with van der Waals surface area (Å²) >= 11 is 0. The molecule has 0 aliphatic carbocycles. The Hall–Kier alpha value is -3.09. The number of nitrogens with two attached hydrogens (primary N) is 1. The summed E-state index contributed by atoms with van der Waals surface area (Å²) in [5.41, 5.74) is 9.00. The number of hydrogen-bond donors (Lipinski definition) is 1. The van der Waals surface area contributed by atoms with Crippen molar-refractivity contribution in [2.45, 2.75) is 6.92 Å². The molecule has 0 atom stereocenters. The lowest BCUT2D eigenvalue weighted by molar-refractivity contribution is 0.0600. The Balaban J connectivity index is 1.98. The standard InChI is InChI=1S/C16H16N4O3/c1-3-23-15-9-14-13(8-12(15)17)18-20(19-14)11-6-4-10(5-7-11)16(21)22-2/h4-9H,3,17H2,1-2H3. The van der Waals surface area contributed by atoms with Crippen molar-refractivity contribution in [1.29, 1.82) is 0 Å². The minimum absolute atomic E-state index is 0.385. The smallest absolute Gasteiger partial charge is 0.337 e. The largest absolute Gasteiger partial charge is 0.492 e. The molecule has 7 nitrogen and oxygen atoms in total. The Labute approximate surface area is 132 Å². The van der Waals surface area contributed by atoms with E-state index in [9.17, 15) is 4.79 Å². The lowest BCUT2D eigenvalue weighted by Crippen LogP contribution is -2.03. The van der Waals surface area contributed by atoms with Crippen LogP contribution in [0.15, 0.2) is 36.4 Å². The number of nitrogens with zero attached hydrogens (tertiary/aromatic N) is 3. The number of aromatic nitrogens is 3. The Morgan fingerprint density at radius 3 is 2.43 bits per heavy atom. The van der Waals surface area contributed by atoms with Crippen LogP contribution in [0.1, 0.15) is 17.3 Å². The van der Waals surface area contributed by atoms with Crippen molar-refractivity contribution in [3.63, 3.8) is 0 Å². The molecular weight excluding hydrogens is 296 g/mol. The number of esters is 1. The lowest BCUT2D eigenvalue weighted by atomic mass is 10.2. The van der Waals surface area contributed by atoms with Crippen molar-refractivity contribution < 1.29 is 14.3 Å². The van der Waals surface area contributed by atoms with Crippen LogP contribution in [0.3, 0.4) is 0 Å². The van der Waals surface area contributed by atoms with E-state index in [2.05, 4.69) is 14.9 Å². The van der Waals surface area contributed by atoms with Crippen molar-refractivity contribution in [1.82, 2.24) is 15.0 Å². The van der Waals surface area contributed by atoms with E-state index in [1.807, 2.05) is 6.92 Å². The zero-order chi connectivity index (χ0) is 16.4. The van der Waals surface area contributed by atoms with Gasteiger partial charge in [0.05, 0.1) is 30.7 Å². The van der Waals surface area contributed by atoms with Crippen LogP contribution in [-0.4, -0.2) is 34.7 Å². The molecule has 3 rings (SSSR count). The van der Waals surface area contributed by atoms with Crippen LogP contribution in [-0.2, 0) is 4.74 Å². The Kier molecular flexibility index (Phi) is 3.84. The average Bonchev–Trinajstić information content (AvgIpc) is 2.97. The highest BCUT2D eigenvalue weighted by Crippen LogP contribution is 2.26. The number of benzene rings is 2. The van der Waals surface area contributed by atoms with E-state index in [1.54, 1.807) is 36.4 Å². The summed E-state index contributed by atoms with van der Waals surface area (Å²) in [4.78, 5) is 12.9. The van der Waals surface area contributed by atoms with E-state index in [-0.39, 0.29) is 5.97 Å². The molecule has 0 radical (unpaired) electrons. The van der Waals surface area contributed by atoms with E-state index in [0.29, 0.717) is 34.6 Å². The summed E-state index contributed by atoms with van der Waals surface area (Å²) in [7, 11) is 1.35. The van der Waals surface area contributed by atoms with Crippen LogP contribution < -0.4 is 10.5 Å².